The first-order chi connectivity index (χ1) is 3.18. The second kappa shape index (κ2) is 2.54. The van der Waals surface area contributed by atoms with E-state index < -0.39 is 18.6 Å². The van der Waals surface area contributed by atoms with E-state index in [9.17, 15) is 9.90 Å². The molecule has 0 aliphatic heterocycles. The van der Waals surface area contributed by atoms with Gasteiger partial charge < -0.3 is 10.8 Å². The van der Waals surface area contributed by atoms with Gasteiger partial charge in [0, 0.05) is 0 Å². The Morgan fingerprint density at radius 1 is 1.86 bits per heavy atom. The minimum atomic E-state index is -1.43. The molecule has 0 aromatic carbocycles. The van der Waals surface area contributed by atoms with E-state index >= 15 is 0 Å². The number of aliphatic hydroxyl groups excluding tert-OH is 1. The second-order valence-corrected chi connectivity index (χ2v) is 1.11. The Bertz CT molecular complexity index is 72.6. The lowest BCUT2D eigenvalue weighted by molar-refractivity contribution is -0.145. The van der Waals surface area contributed by atoms with Crippen LogP contribution in [-0.4, -0.2) is 23.7 Å². The van der Waals surface area contributed by atoms with Gasteiger partial charge in [-0.3, -0.25) is 0 Å². The van der Waals surface area contributed by atoms with Crippen LogP contribution in [0.25, 0.3) is 0 Å². The fourth-order valence-corrected chi connectivity index (χ4v) is 0.0745. The van der Waals surface area contributed by atoms with Crippen LogP contribution in [0, 0.1) is 0 Å². The molecule has 0 bridgehead atoms. The molecule has 0 fully saturated rings. The Kier molecular flexibility index (Phi) is 2.32. The summed E-state index contributed by atoms with van der Waals surface area (Å²) in [6, 6.07) is -1.24. The number of hydrogen-bond acceptors (Lipinski definition) is 3. The van der Waals surface area contributed by atoms with Gasteiger partial charge in [-0.05, 0) is 0 Å². The average Bonchev–Trinajstić information content (AvgIpc) is 1.65. The first-order valence-corrected chi connectivity index (χ1v) is 1.75. The predicted octanol–water partition coefficient (Wildman–Crippen LogP) is -1.74. The van der Waals surface area contributed by atoms with Crippen molar-refractivity contribution in [3.63, 3.8) is 0 Å². The Labute approximate surface area is 40.6 Å². The molecule has 1 atom stereocenters. The normalized spacial score (nSPS) is 13.4. The summed E-state index contributed by atoms with van der Waals surface area (Å²) in [5.41, 5.74) is 4.70. The number of rotatable bonds is 2. The van der Waals surface area contributed by atoms with E-state index in [2.05, 4.69) is 0 Å². The van der Waals surface area contributed by atoms with Gasteiger partial charge in [0.1, 0.15) is 6.04 Å². The number of hydrogen-bond donors (Lipinski definition) is 2. The lowest BCUT2D eigenvalue weighted by Crippen LogP contribution is -2.32. The average molecular weight is 104 g/mol. The van der Waals surface area contributed by atoms with Crippen LogP contribution < -0.4 is 5.73 Å². The summed E-state index contributed by atoms with van der Waals surface area (Å²) in [4.78, 5) is 9.53. The van der Waals surface area contributed by atoms with Gasteiger partial charge >= 0.3 is 5.97 Å². The zero-order valence-electron chi connectivity index (χ0n) is 3.63. The number of carbonyl (C=O) groups excluding carboxylic acids is 1. The molecule has 0 rings (SSSR count). The van der Waals surface area contributed by atoms with Gasteiger partial charge in [-0.2, -0.15) is 0 Å². The molecule has 0 saturated carbocycles. The van der Waals surface area contributed by atoms with Crippen molar-refractivity contribution in [1.29, 1.82) is 0 Å². The second-order valence-electron chi connectivity index (χ2n) is 1.11. The highest BCUT2D eigenvalue weighted by Gasteiger charge is 2.09. The van der Waals surface area contributed by atoms with Gasteiger partial charge in [0.2, 0.25) is 0 Å². The quantitative estimate of drug-likeness (QED) is 0.436. The van der Waals surface area contributed by atoms with Crippen LogP contribution in [-0.2, 0) is 9.90 Å². The van der Waals surface area contributed by atoms with Crippen LogP contribution in [0.15, 0.2) is 0 Å². The first kappa shape index (κ1) is 6.39. The Balaban J connectivity index is 3.34. The third-order valence-electron chi connectivity index (χ3n) is 0.499. The van der Waals surface area contributed by atoms with Gasteiger partial charge in [-0.25, -0.2) is 9.90 Å². The standard InChI is InChI=1S/C3H6NO3/c4-2(1-5)3(6)7/h2,5H,1,4H2/t2-/m0/s1. The molecular formula is C3H6NO3. The molecule has 0 aromatic heterocycles. The largest absolute Gasteiger partial charge is 0.394 e. The van der Waals surface area contributed by atoms with Crippen molar-refractivity contribution < 1.29 is 15.0 Å². The van der Waals surface area contributed by atoms with Gasteiger partial charge in [0.05, 0.1) is 6.61 Å². The Morgan fingerprint density at radius 3 is 2.29 bits per heavy atom. The van der Waals surface area contributed by atoms with Crippen molar-refractivity contribution in [2.24, 2.45) is 5.73 Å². The van der Waals surface area contributed by atoms with Crippen molar-refractivity contribution in [2.75, 3.05) is 6.61 Å². The number of carbonyl (C=O) groups is 1. The van der Waals surface area contributed by atoms with Crippen LogP contribution in [0.3, 0.4) is 0 Å². The zero-order chi connectivity index (χ0) is 5.86. The molecule has 4 heteroatoms. The maximum atomic E-state index is 9.53. The summed E-state index contributed by atoms with van der Waals surface area (Å²) < 4.78 is 0. The van der Waals surface area contributed by atoms with Crippen LogP contribution in [0.5, 0.6) is 0 Å². The van der Waals surface area contributed by atoms with E-state index in [1.165, 1.54) is 0 Å². The van der Waals surface area contributed by atoms with Crippen LogP contribution in [0.4, 0.5) is 0 Å². The minimum Gasteiger partial charge on any atom is -0.394 e. The predicted molar refractivity (Wildman–Crippen MR) is 20.8 cm³/mol. The summed E-state index contributed by atoms with van der Waals surface area (Å²) in [5, 5.41) is 17.5. The molecule has 1 radical (unpaired) electrons. The molecule has 0 aliphatic carbocycles. The molecule has 7 heavy (non-hydrogen) atoms. The first-order valence-electron chi connectivity index (χ1n) is 1.75. The SMILES string of the molecule is N[C@@H](CO)C([O])=O. The molecular weight excluding hydrogens is 98.0 g/mol. The molecule has 0 amide bonds. The molecule has 0 aromatic rings. The molecule has 0 unspecified atom stereocenters. The zero-order valence-corrected chi connectivity index (χ0v) is 3.63. The van der Waals surface area contributed by atoms with Crippen LogP contribution >= 0.6 is 0 Å². The highest BCUT2D eigenvalue weighted by molar-refractivity contribution is 5.72. The van der Waals surface area contributed by atoms with Gasteiger partial charge in [-0.1, -0.05) is 0 Å². The van der Waals surface area contributed by atoms with Gasteiger partial charge in [-0.15, -0.1) is 0 Å². The maximum absolute atomic E-state index is 9.53. The molecule has 0 heterocycles. The fourth-order valence-electron chi connectivity index (χ4n) is 0.0745. The number of aliphatic hydroxyl groups is 1. The van der Waals surface area contributed by atoms with Crippen molar-refractivity contribution in [1.82, 2.24) is 0 Å². The molecule has 4 nitrogen and oxygen atoms in total. The topological polar surface area (TPSA) is 83.2 Å². The Morgan fingerprint density at radius 2 is 2.29 bits per heavy atom. The van der Waals surface area contributed by atoms with Gasteiger partial charge in [0.15, 0.2) is 0 Å². The van der Waals surface area contributed by atoms with Crippen molar-refractivity contribution >= 4 is 5.97 Å². The highest BCUT2D eigenvalue weighted by atomic mass is 16.4. The number of nitrogens with two attached hydrogens (primary N) is 1. The van der Waals surface area contributed by atoms with Crippen LogP contribution in [0.2, 0.25) is 0 Å². The van der Waals surface area contributed by atoms with E-state index in [-0.39, 0.29) is 0 Å². The monoisotopic (exact) mass is 104 g/mol. The molecule has 0 aliphatic rings. The lowest BCUT2D eigenvalue weighted by atomic mass is 10.3. The minimum absolute atomic E-state index is 0.567. The maximum Gasteiger partial charge on any atom is 0.374 e. The molecule has 0 saturated heterocycles. The summed E-state index contributed by atoms with van der Waals surface area (Å²) in [6.45, 7) is -0.567. The van der Waals surface area contributed by atoms with Gasteiger partial charge in [0.25, 0.3) is 0 Å². The summed E-state index contributed by atoms with van der Waals surface area (Å²) >= 11 is 0. The van der Waals surface area contributed by atoms with E-state index in [0.29, 0.717) is 0 Å². The molecule has 41 valence electrons. The third-order valence-corrected chi connectivity index (χ3v) is 0.499. The smallest absolute Gasteiger partial charge is 0.374 e. The third kappa shape index (κ3) is 2.13. The fraction of sp³-hybridized carbons (Fsp3) is 0.667. The Hall–Kier alpha value is -0.610. The molecule has 0 spiro atoms. The summed E-state index contributed by atoms with van der Waals surface area (Å²) in [7, 11) is 0. The summed E-state index contributed by atoms with van der Waals surface area (Å²) in [5.74, 6) is -1.43. The van der Waals surface area contributed by atoms with E-state index in [1.54, 1.807) is 0 Å². The van der Waals surface area contributed by atoms with Crippen molar-refractivity contribution in [2.45, 2.75) is 6.04 Å². The lowest BCUT2D eigenvalue weighted by Gasteiger charge is -1.93. The highest BCUT2D eigenvalue weighted by Crippen LogP contribution is 1.72. The van der Waals surface area contributed by atoms with E-state index in [4.69, 9.17) is 10.8 Å². The van der Waals surface area contributed by atoms with E-state index in [1.807, 2.05) is 0 Å². The molecule has 3 N–H and O–H groups in total. The van der Waals surface area contributed by atoms with Crippen LogP contribution in [0.1, 0.15) is 0 Å². The van der Waals surface area contributed by atoms with Crippen molar-refractivity contribution in [3.8, 4) is 0 Å². The van der Waals surface area contributed by atoms with E-state index in [0.717, 1.165) is 0 Å². The summed E-state index contributed by atoms with van der Waals surface area (Å²) in [6.07, 6.45) is 0. The van der Waals surface area contributed by atoms with Crippen molar-refractivity contribution in [3.05, 3.63) is 0 Å².